The summed E-state index contributed by atoms with van der Waals surface area (Å²) in [7, 11) is 1.86. The molecule has 1 aromatic rings. The third-order valence-electron chi connectivity index (χ3n) is 2.68. The van der Waals surface area contributed by atoms with Crippen LogP contribution < -0.4 is 5.73 Å². The molecule has 0 aliphatic heterocycles. The van der Waals surface area contributed by atoms with Gasteiger partial charge in [0.15, 0.2) is 0 Å². The molecular formula is C11H20FN3. The summed E-state index contributed by atoms with van der Waals surface area (Å²) >= 11 is 0. The Labute approximate surface area is 90.5 Å². The summed E-state index contributed by atoms with van der Waals surface area (Å²) in [5.74, 6) is 0. The molecule has 15 heavy (non-hydrogen) atoms. The van der Waals surface area contributed by atoms with E-state index in [0.29, 0.717) is 19.3 Å². The Morgan fingerprint density at radius 3 is 2.73 bits per heavy atom. The van der Waals surface area contributed by atoms with E-state index >= 15 is 0 Å². The average molecular weight is 213 g/mol. The van der Waals surface area contributed by atoms with E-state index in [1.54, 1.807) is 10.9 Å². The number of nitrogens with zero attached hydrogens (tertiary/aromatic N) is 2. The first-order valence-electron chi connectivity index (χ1n) is 5.46. The molecule has 1 aromatic heterocycles. The maximum atomic E-state index is 14.1. The Morgan fingerprint density at radius 1 is 1.53 bits per heavy atom. The third-order valence-corrected chi connectivity index (χ3v) is 2.68. The van der Waals surface area contributed by atoms with Crippen LogP contribution in [0.3, 0.4) is 0 Å². The second-order valence-electron chi connectivity index (χ2n) is 4.13. The number of hydrogen-bond acceptors (Lipinski definition) is 2. The fourth-order valence-corrected chi connectivity index (χ4v) is 1.75. The predicted molar refractivity (Wildman–Crippen MR) is 59.3 cm³/mol. The van der Waals surface area contributed by atoms with E-state index in [1.807, 2.05) is 20.2 Å². The normalized spacial score (nSPS) is 15.2. The molecule has 1 rings (SSSR count). The van der Waals surface area contributed by atoms with Crippen LogP contribution in [0.2, 0.25) is 0 Å². The van der Waals surface area contributed by atoms with Crippen molar-refractivity contribution in [2.45, 2.75) is 38.3 Å². The van der Waals surface area contributed by atoms with Gasteiger partial charge in [-0.1, -0.05) is 13.3 Å². The van der Waals surface area contributed by atoms with Gasteiger partial charge >= 0.3 is 0 Å². The van der Waals surface area contributed by atoms with Crippen molar-refractivity contribution in [3.63, 3.8) is 0 Å². The topological polar surface area (TPSA) is 43.8 Å². The van der Waals surface area contributed by atoms with Crippen LogP contribution in [0, 0.1) is 0 Å². The molecule has 2 N–H and O–H groups in total. The van der Waals surface area contributed by atoms with Crippen molar-refractivity contribution in [1.29, 1.82) is 0 Å². The van der Waals surface area contributed by atoms with Gasteiger partial charge in [-0.3, -0.25) is 4.68 Å². The summed E-state index contributed by atoms with van der Waals surface area (Å²) in [6, 6.07) is 0. The summed E-state index contributed by atoms with van der Waals surface area (Å²) < 4.78 is 15.8. The van der Waals surface area contributed by atoms with Crippen LogP contribution in [0.25, 0.3) is 0 Å². The SMILES string of the molecule is CCCC(F)(CN)CCc1cnn(C)c1. The second kappa shape index (κ2) is 5.26. The van der Waals surface area contributed by atoms with Crippen molar-refractivity contribution in [2.24, 2.45) is 12.8 Å². The van der Waals surface area contributed by atoms with Gasteiger partial charge in [0, 0.05) is 19.8 Å². The first kappa shape index (κ1) is 12.2. The minimum Gasteiger partial charge on any atom is -0.328 e. The van der Waals surface area contributed by atoms with Gasteiger partial charge in [0.05, 0.1) is 6.20 Å². The van der Waals surface area contributed by atoms with Gasteiger partial charge in [0.25, 0.3) is 0 Å². The predicted octanol–water partition coefficient (Wildman–Crippen LogP) is 1.82. The summed E-state index contributed by atoms with van der Waals surface area (Å²) in [5, 5.41) is 4.05. The largest absolute Gasteiger partial charge is 0.328 e. The minimum atomic E-state index is -1.20. The van der Waals surface area contributed by atoms with E-state index < -0.39 is 5.67 Å². The van der Waals surface area contributed by atoms with E-state index in [2.05, 4.69) is 5.10 Å². The molecule has 0 aliphatic rings. The van der Waals surface area contributed by atoms with Crippen LogP contribution >= 0.6 is 0 Å². The average Bonchev–Trinajstić information content (AvgIpc) is 2.62. The van der Waals surface area contributed by atoms with Gasteiger partial charge in [-0.25, -0.2) is 4.39 Å². The van der Waals surface area contributed by atoms with Gasteiger partial charge < -0.3 is 5.73 Å². The van der Waals surface area contributed by atoms with Crippen LogP contribution in [-0.2, 0) is 13.5 Å². The van der Waals surface area contributed by atoms with Gasteiger partial charge in [-0.2, -0.15) is 5.10 Å². The van der Waals surface area contributed by atoms with Crippen molar-refractivity contribution in [1.82, 2.24) is 9.78 Å². The summed E-state index contributed by atoms with van der Waals surface area (Å²) in [4.78, 5) is 0. The Morgan fingerprint density at radius 2 is 2.27 bits per heavy atom. The standard InChI is InChI=1S/C11H20FN3/c1-3-5-11(12,9-13)6-4-10-7-14-15(2)8-10/h7-8H,3-6,9,13H2,1-2H3. The monoisotopic (exact) mass is 213 g/mol. The van der Waals surface area contributed by atoms with Crippen LogP contribution in [0.4, 0.5) is 4.39 Å². The quantitative estimate of drug-likeness (QED) is 0.783. The summed E-state index contributed by atoms with van der Waals surface area (Å²) in [5.41, 5.74) is 5.34. The lowest BCUT2D eigenvalue weighted by molar-refractivity contribution is 0.146. The van der Waals surface area contributed by atoms with Crippen molar-refractivity contribution < 1.29 is 4.39 Å². The Kier molecular flexibility index (Phi) is 4.27. The number of halogens is 1. The molecular weight excluding hydrogens is 193 g/mol. The molecule has 0 bridgehead atoms. The van der Waals surface area contributed by atoms with Crippen molar-refractivity contribution in [2.75, 3.05) is 6.54 Å². The van der Waals surface area contributed by atoms with Gasteiger partial charge in [0.1, 0.15) is 5.67 Å². The minimum absolute atomic E-state index is 0.112. The summed E-state index contributed by atoms with van der Waals surface area (Å²) in [6.07, 6.45) is 6.28. The zero-order valence-corrected chi connectivity index (χ0v) is 9.54. The zero-order valence-electron chi connectivity index (χ0n) is 9.54. The maximum absolute atomic E-state index is 14.1. The maximum Gasteiger partial charge on any atom is 0.123 e. The van der Waals surface area contributed by atoms with E-state index in [0.717, 1.165) is 12.0 Å². The molecule has 0 spiro atoms. The molecule has 0 fully saturated rings. The van der Waals surface area contributed by atoms with Gasteiger partial charge in [0.2, 0.25) is 0 Å². The molecule has 4 heteroatoms. The molecule has 3 nitrogen and oxygen atoms in total. The van der Waals surface area contributed by atoms with E-state index in [1.165, 1.54) is 0 Å². The highest BCUT2D eigenvalue weighted by Crippen LogP contribution is 2.23. The first-order chi connectivity index (χ1) is 7.09. The van der Waals surface area contributed by atoms with Crippen molar-refractivity contribution in [3.8, 4) is 0 Å². The van der Waals surface area contributed by atoms with E-state index in [-0.39, 0.29) is 6.54 Å². The lowest BCUT2D eigenvalue weighted by Crippen LogP contribution is -2.33. The molecule has 1 atom stereocenters. The fraction of sp³-hybridized carbons (Fsp3) is 0.727. The number of rotatable bonds is 6. The van der Waals surface area contributed by atoms with Crippen molar-refractivity contribution in [3.05, 3.63) is 18.0 Å². The molecule has 0 amide bonds. The zero-order chi connectivity index (χ0) is 11.3. The second-order valence-corrected chi connectivity index (χ2v) is 4.13. The Balaban J connectivity index is 2.47. The number of alkyl halides is 1. The highest BCUT2D eigenvalue weighted by Gasteiger charge is 2.26. The van der Waals surface area contributed by atoms with Crippen LogP contribution in [0.1, 0.15) is 31.7 Å². The highest BCUT2D eigenvalue weighted by molar-refractivity contribution is 5.04. The van der Waals surface area contributed by atoms with Crippen LogP contribution in [-0.4, -0.2) is 22.0 Å². The Bertz CT molecular complexity index is 298. The Hall–Kier alpha value is -0.900. The molecule has 0 radical (unpaired) electrons. The van der Waals surface area contributed by atoms with E-state index in [4.69, 9.17) is 5.73 Å². The third kappa shape index (κ3) is 3.63. The molecule has 0 saturated carbocycles. The number of aryl methyl sites for hydroxylation is 2. The first-order valence-corrected chi connectivity index (χ1v) is 5.46. The number of aromatic nitrogens is 2. The molecule has 0 aromatic carbocycles. The molecule has 1 heterocycles. The van der Waals surface area contributed by atoms with Crippen LogP contribution in [0.5, 0.6) is 0 Å². The fourth-order valence-electron chi connectivity index (χ4n) is 1.75. The highest BCUT2D eigenvalue weighted by atomic mass is 19.1. The summed E-state index contributed by atoms with van der Waals surface area (Å²) in [6.45, 7) is 2.09. The smallest absolute Gasteiger partial charge is 0.123 e. The van der Waals surface area contributed by atoms with Gasteiger partial charge in [-0.15, -0.1) is 0 Å². The van der Waals surface area contributed by atoms with Crippen molar-refractivity contribution >= 4 is 0 Å². The number of hydrogen-bond donors (Lipinski definition) is 1. The van der Waals surface area contributed by atoms with E-state index in [9.17, 15) is 4.39 Å². The molecule has 1 unspecified atom stereocenters. The van der Waals surface area contributed by atoms with Crippen LogP contribution in [0.15, 0.2) is 12.4 Å². The number of nitrogens with two attached hydrogens (primary N) is 1. The molecule has 0 aliphatic carbocycles. The molecule has 0 saturated heterocycles. The molecule has 86 valence electrons. The lowest BCUT2D eigenvalue weighted by Gasteiger charge is -2.22. The lowest BCUT2D eigenvalue weighted by atomic mass is 9.93. The van der Waals surface area contributed by atoms with Gasteiger partial charge in [-0.05, 0) is 24.8 Å².